The Morgan fingerprint density at radius 2 is 2.40 bits per heavy atom. The van der Waals surface area contributed by atoms with Crippen molar-refractivity contribution in [3.63, 3.8) is 0 Å². The van der Waals surface area contributed by atoms with Crippen LogP contribution in [0, 0.1) is 0 Å². The summed E-state index contributed by atoms with van der Waals surface area (Å²) in [5.74, 6) is 0. The zero-order chi connectivity index (χ0) is 10.3. The molecule has 3 rings (SSSR count). The largest absolute Gasteiger partial charge is 0.314 e. The van der Waals surface area contributed by atoms with Gasteiger partial charge in [0.25, 0.3) is 0 Å². The molecule has 15 heavy (non-hydrogen) atoms. The van der Waals surface area contributed by atoms with Gasteiger partial charge < -0.3 is 5.32 Å². The van der Waals surface area contributed by atoms with Crippen LogP contribution in [0.3, 0.4) is 0 Å². The van der Waals surface area contributed by atoms with E-state index in [2.05, 4.69) is 21.5 Å². The van der Waals surface area contributed by atoms with Crippen molar-refractivity contribution in [1.82, 2.24) is 19.9 Å². The molecule has 0 saturated heterocycles. The highest BCUT2D eigenvalue weighted by Gasteiger charge is 2.41. The molecule has 0 aliphatic heterocycles. The Morgan fingerprint density at radius 1 is 1.53 bits per heavy atom. The van der Waals surface area contributed by atoms with Crippen LogP contribution in [0.1, 0.15) is 18.5 Å². The highest BCUT2D eigenvalue weighted by Crippen LogP contribution is 2.37. The summed E-state index contributed by atoms with van der Waals surface area (Å²) in [6, 6.07) is 3.96. The minimum absolute atomic E-state index is 0.317. The van der Waals surface area contributed by atoms with Crippen LogP contribution >= 0.6 is 0 Å². The molecule has 1 N–H and O–H groups in total. The predicted molar refractivity (Wildman–Crippen MR) is 57.7 cm³/mol. The molecular weight excluding hydrogens is 188 g/mol. The van der Waals surface area contributed by atoms with Gasteiger partial charge in [-0.1, -0.05) is 0 Å². The quantitative estimate of drug-likeness (QED) is 0.808. The summed E-state index contributed by atoms with van der Waals surface area (Å²) in [5, 5.41) is 7.88. The molecule has 1 saturated carbocycles. The highest BCUT2D eigenvalue weighted by molar-refractivity contribution is 5.39. The van der Waals surface area contributed by atoms with Gasteiger partial charge in [0, 0.05) is 30.4 Å². The molecule has 2 aromatic heterocycles. The van der Waals surface area contributed by atoms with E-state index in [1.807, 2.05) is 23.8 Å². The van der Waals surface area contributed by atoms with Crippen LogP contribution in [-0.2, 0) is 6.42 Å². The zero-order valence-corrected chi connectivity index (χ0v) is 8.77. The molecule has 0 radical (unpaired) electrons. The molecule has 0 atom stereocenters. The average Bonchev–Trinajstić information content (AvgIpc) is 2.91. The smallest absolute Gasteiger partial charge is 0.155 e. The fraction of sp³-hybridized carbons (Fsp3) is 0.455. The van der Waals surface area contributed by atoms with Gasteiger partial charge in [0.05, 0.1) is 5.69 Å². The van der Waals surface area contributed by atoms with Crippen molar-refractivity contribution in [3.8, 4) is 0 Å². The van der Waals surface area contributed by atoms with Crippen molar-refractivity contribution in [3.05, 3.63) is 30.2 Å². The third-order valence-corrected chi connectivity index (χ3v) is 3.19. The number of rotatable bonds is 3. The van der Waals surface area contributed by atoms with Crippen molar-refractivity contribution in [1.29, 1.82) is 0 Å². The number of nitrogens with one attached hydrogen (secondary N) is 1. The van der Waals surface area contributed by atoms with Gasteiger partial charge in [-0.2, -0.15) is 5.10 Å². The summed E-state index contributed by atoms with van der Waals surface area (Å²) < 4.78 is 1.83. The summed E-state index contributed by atoms with van der Waals surface area (Å²) in [5.41, 5.74) is 2.37. The van der Waals surface area contributed by atoms with Crippen LogP contribution in [0.5, 0.6) is 0 Å². The minimum Gasteiger partial charge on any atom is -0.314 e. The molecule has 4 heteroatoms. The Morgan fingerprint density at radius 3 is 3.07 bits per heavy atom. The normalized spacial score (nSPS) is 18.2. The Labute approximate surface area is 88.3 Å². The number of hydrogen-bond donors (Lipinski definition) is 1. The maximum absolute atomic E-state index is 4.50. The second-order valence-electron chi connectivity index (χ2n) is 4.27. The lowest BCUT2D eigenvalue weighted by Gasteiger charge is -2.10. The summed E-state index contributed by atoms with van der Waals surface area (Å²) in [6.45, 7) is 0. The van der Waals surface area contributed by atoms with Crippen LogP contribution in [0.2, 0.25) is 0 Å². The summed E-state index contributed by atoms with van der Waals surface area (Å²) in [4.78, 5) is 4.26. The first-order valence-corrected chi connectivity index (χ1v) is 5.30. The number of hydrogen-bond acceptors (Lipinski definition) is 3. The summed E-state index contributed by atoms with van der Waals surface area (Å²) in [6.07, 6.45) is 7.25. The third-order valence-electron chi connectivity index (χ3n) is 3.19. The highest BCUT2D eigenvalue weighted by atomic mass is 15.2. The Bertz CT molecular complexity index is 451. The zero-order valence-electron chi connectivity index (χ0n) is 8.77. The lowest BCUT2D eigenvalue weighted by molar-refractivity contribution is 0.540. The lowest BCUT2D eigenvalue weighted by atomic mass is 10.1. The maximum Gasteiger partial charge on any atom is 0.155 e. The van der Waals surface area contributed by atoms with E-state index < -0.39 is 0 Å². The predicted octanol–water partition coefficient (Wildman–Crippen LogP) is 1.02. The first-order valence-electron chi connectivity index (χ1n) is 5.30. The van der Waals surface area contributed by atoms with Crippen molar-refractivity contribution < 1.29 is 0 Å². The van der Waals surface area contributed by atoms with Crippen LogP contribution < -0.4 is 5.32 Å². The van der Waals surface area contributed by atoms with E-state index in [0.29, 0.717) is 5.54 Å². The van der Waals surface area contributed by atoms with Gasteiger partial charge in [-0.05, 0) is 26.0 Å². The van der Waals surface area contributed by atoms with Crippen molar-refractivity contribution >= 4 is 5.65 Å². The number of nitrogens with zero attached hydrogens (tertiary/aromatic N) is 3. The molecule has 2 aromatic rings. The summed E-state index contributed by atoms with van der Waals surface area (Å²) >= 11 is 0. The number of fused-ring (bicyclic) bond motifs is 1. The van der Waals surface area contributed by atoms with Gasteiger partial charge in [-0.25, -0.2) is 9.50 Å². The van der Waals surface area contributed by atoms with Gasteiger partial charge in [0.1, 0.15) is 0 Å². The molecule has 4 nitrogen and oxygen atoms in total. The second kappa shape index (κ2) is 3.03. The van der Waals surface area contributed by atoms with Crippen molar-refractivity contribution in [2.24, 2.45) is 0 Å². The Balaban J connectivity index is 1.92. The number of aromatic nitrogens is 3. The molecule has 0 spiro atoms. The molecule has 0 unspecified atom stereocenters. The standard InChI is InChI=1S/C11H14N4/c1-12-11(3-4-11)8-9-7-10-13-5-2-6-15(10)14-9/h2,5-7,12H,3-4,8H2,1H3. The number of likely N-dealkylation sites (N-methyl/N-ethyl adjacent to an activating group) is 1. The SMILES string of the molecule is CNC1(Cc2cc3ncccn3n2)CC1. The van der Waals surface area contributed by atoms with E-state index in [0.717, 1.165) is 17.8 Å². The second-order valence-corrected chi connectivity index (χ2v) is 4.27. The van der Waals surface area contributed by atoms with Gasteiger partial charge in [-0.3, -0.25) is 0 Å². The first kappa shape index (κ1) is 8.85. The molecule has 0 bridgehead atoms. The molecule has 2 heterocycles. The maximum atomic E-state index is 4.50. The molecule has 0 amide bonds. The van der Waals surface area contributed by atoms with E-state index in [1.165, 1.54) is 12.8 Å². The van der Waals surface area contributed by atoms with E-state index >= 15 is 0 Å². The average molecular weight is 202 g/mol. The monoisotopic (exact) mass is 202 g/mol. The van der Waals surface area contributed by atoms with Gasteiger partial charge in [0.2, 0.25) is 0 Å². The van der Waals surface area contributed by atoms with E-state index in [-0.39, 0.29) is 0 Å². The fourth-order valence-corrected chi connectivity index (χ4v) is 1.98. The van der Waals surface area contributed by atoms with E-state index in [4.69, 9.17) is 0 Å². The molecular formula is C11H14N4. The Hall–Kier alpha value is -1.42. The van der Waals surface area contributed by atoms with Crippen LogP contribution in [0.4, 0.5) is 0 Å². The summed E-state index contributed by atoms with van der Waals surface area (Å²) in [7, 11) is 2.03. The van der Waals surface area contributed by atoms with Crippen molar-refractivity contribution in [2.75, 3.05) is 7.05 Å². The van der Waals surface area contributed by atoms with Crippen LogP contribution in [-0.4, -0.2) is 27.2 Å². The third kappa shape index (κ3) is 1.51. The molecule has 1 fully saturated rings. The Kier molecular flexibility index (Phi) is 1.79. The van der Waals surface area contributed by atoms with Gasteiger partial charge in [-0.15, -0.1) is 0 Å². The molecule has 1 aliphatic carbocycles. The minimum atomic E-state index is 0.317. The lowest BCUT2D eigenvalue weighted by Crippen LogP contribution is -2.29. The molecule has 0 aromatic carbocycles. The van der Waals surface area contributed by atoms with E-state index in [9.17, 15) is 0 Å². The fourth-order valence-electron chi connectivity index (χ4n) is 1.98. The van der Waals surface area contributed by atoms with Crippen molar-refractivity contribution in [2.45, 2.75) is 24.8 Å². The first-order chi connectivity index (χ1) is 7.31. The van der Waals surface area contributed by atoms with Crippen LogP contribution in [0.25, 0.3) is 5.65 Å². The van der Waals surface area contributed by atoms with E-state index in [1.54, 1.807) is 6.20 Å². The topological polar surface area (TPSA) is 42.2 Å². The van der Waals surface area contributed by atoms with Crippen LogP contribution in [0.15, 0.2) is 24.5 Å². The van der Waals surface area contributed by atoms with Gasteiger partial charge in [0.15, 0.2) is 5.65 Å². The molecule has 78 valence electrons. The van der Waals surface area contributed by atoms with Gasteiger partial charge >= 0.3 is 0 Å². The molecule has 1 aliphatic rings.